The second-order valence-corrected chi connectivity index (χ2v) is 4.95. The minimum atomic E-state index is -1.40. The predicted molar refractivity (Wildman–Crippen MR) is 72.5 cm³/mol. The molecule has 0 saturated carbocycles. The number of hydrogen-bond acceptors (Lipinski definition) is 6. The van der Waals surface area contributed by atoms with Crippen molar-refractivity contribution in [3.8, 4) is 5.75 Å². The SMILES string of the molecule is O=C(COc1ccccc1)N1C[C@H](O)[C@@H](O)[C@H](O)C1CO. The average Bonchev–Trinajstić information content (AvgIpc) is 2.51. The Morgan fingerprint density at radius 1 is 1.19 bits per heavy atom. The van der Waals surface area contributed by atoms with E-state index < -0.39 is 36.9 Å². The number of nitrogens with zero attached hydrogens (tertiary/aromatic N) is 1. The van der Waals surface area contributed by atoms with Crippen LogP contribution in [0.25, 0.3) is 0 Å². The van der Waals surface area contributed by atoms with Crippen molar-refractivity contribution in [1.29, 1.82) is 0 Å². The monoisotopic (exact) mass is 297 g/mol. The van der Waals surface area contributed by atoms with Crippen LogP contribution >= 0.6 is 0 Å². The zero-order valence-electron chi connectivity index (χ0n) is 11.4. The molecular weight excluding hydrogens is 278 g/mol. The van der Waals surface area contributed by atoms with Gasteiger partial charge in [-0.25, -0.2) is 0 Å². The van der Waals surface area contributed by atoms with Gasteiger partial charge in [-0.1, -0.05) is 18.2 Å². The highest BCUT2D eigenvalue weighted by Gasteiger charge is 2.43. The summed E-state index contributed by atoms with van der Waals surface area (Å²) >= 11 is 0. The van der Waals surface area contributed by atoms with Crippen LogP contribution in [0.1, 0.15) is 0 Å². The fourth-order valence-electron chi connectivity index (χ4n) is 2.32. The van der Waals surface area contributed by atoms with Crippen LogP contribution in [0.2, 0.25) is 0 Å². The number of carbonyl (C=O) groups is 1. The van der Waals surface area contributed by atoms with Gasteiger partial charge in [-0.05, 0) is 12.1 Å². The summed E-state index contributed by atoms with van der Waals surface area (Å²) in [5.74, 6) is 0.0347. The van der Waals surface area contributed by atoms with Gasteiger partial charge in [0.25, 0.3) is 5.91 Å². The maximum atomic E-state index is 12.1. The number of aliphatic hydroxyl groups excluding tert-OH is 4. The molecule has 1 fully saturated rings. The Kier molecular flexibility index (Phi) is 5.13. The molecular formula is C14H19NO6. The number of carbonyl (C=O) groups excluding carboxylic acids is 1. The van der Waals surface area contributed by atoms with E-state index in [9.17, 15) is 25.2 Å². The number of ether oxygens (including phenoxy) is 1. The van der Waals surface area contributed by atoms with Gasteiger partial charge >= 0.3 is 0 Å². The van der Waals surface area contributed by atoms with Crippen LogP contribution in [0.15, 0.2) is 30.3 Å². The molecule has 4 atom stereocenters. The molecule has 4 N–H and O–H groups in total. The van der Waals surface area contributed by atoms with Gasteiger partial charge in [0, 0.05) is 6.54 Å². The maximum Gasteiger partial charge on any atom is 0.261 e. The van der Waals surface area contributed by atoms with Crippen molar-refractivity contribution in [3.05, 3.63) is 30.3 Å². The second kappa shape index (κ2) is 6.86. The summed E-state index contributed by atoms with van der Waals surface area (Å²) in [6.45, 7) is -0.960. The Hall–Kier alpha value is -1.67. The van der Waals surface area contributed by atoms with E-state index in [1.165, 1.54) is 0 Å². The largest absolute Gasteiger partial charge is 0.484 e. The molecule has 0 bridgehead atoms. The van der Waals surface area contributed by atoms with Crippen molar-refractivity contribution in [2.45, 2.75) is 24.4 Å². The van der Waals surface area contributed by atoms with Crippen LogP contribution in [0.5, 0.6) is 5.75 Å². The third-order valence-corrected chi connectivity index (χ3v) is 3.54. The van der Waals surface area contributed by atoms with Gasteiger partial charge in [0.05, 0.1) is 12.6 Å². The van der Waals surface area contributed by atoms with E-state index in [2.05, 4.69) is 0 Å². The number of aliphatic hydroxyl groups is 4. The molecule has 1 aliphatic rings. The molecule has 7 heteroatoms. The van der Waals surface area contributed by atoms with Gasteiger partial charge in [-0.15, -0.1) is 0 Å². The van der Waals surface area contributed by atoms with Gasteiger partial charge < -0.3 is 30.1 Å². The zero-order chi connectivity index (χ0) is 15.4. The molecule has 1 unspecified atom stereocenters. The molecule has 21 heavy (non-hydrogen) atoms. The summed E-state index contributed by atoms with van der Waals surface area (Å²) in [5.41, 5.74) is 0. The molecule has 1 aromatic carbocycles. The van der Waals surface area contributed by atoms with Crippen molar-refractivity contribution < 1.29 is 30.0 Å². The Labute approximate surface area is 122 Å². The fraction of sp³-hybridized carbons (Fsp3) is 0.500. The van der Waals surface area contributed by atoms with E-state index in [1.807, 2.05) is 6.07 Å². The topological polar surface area (TPSA) is 110 Å². The van der Waals surface area contributed by atoms with Crippen molar-refractivity contribution in [2.24, 2.45) is 0 Å². The third kappa shape index (κ3) is 3.51. The molecule has 1 saturated heterocycles. The van der Waals surface area contributed by atoms with Crippen molar-refractivity contribution >= 4 is 5.91 Å². The van der Waals surface area contributed by atoms with Crippen LogP contribution in [0.3, 0.4) is 0 Å². The molecule has 7 nitrogen and oxygen atoms in total. The number of β-amino-alcohol motifs (C(OH)–C–C–N with tert-alkyl or cyclic N) is 1. The highest BCUT2D eigenvalue weighted by atomic mass is 16.5. The molecule has 0 radical (unpaired) electrons. The highest BCUT2D eigenvalue weighted by Crippen LogP contribution is 2.19. The molecule has 0 aliphatic carbocycles. The first-order chi connectivity index (χ1) is 10.0. The highest BCUT2D eigenvalue weighted by molar-refractivity contribution is 5.78. The summed E-state index contributed by atoms with van der Waals surface area (Å²) in [6, 6.07) is 7.77. The minimum absolute atomic E-state index is 0.166. The Morgan fingerprint density at radius 2 is 1.86 bits per heavy atom. The van der Waals surface area contributed by atoms with Crippen LogP contribution in [-0.2, 0) is 4.79 Å². The number of benzene rings is 1. The van der Waals surface area contributed by atoms with Crippen molar-refractivity contribution in [1.82, 2.24) is 4.90 Å². The number of amides is 1. The van der Waals surface area contributed by atoms with E-state index in [0.29, 0.717) is 5.75 Å². The minimum Gasteiger partial charge on any atom is -0.484 e. The first kappa shape index (κ1) is 15.7. The predicted octanol–water partition coefficient (Wildman–Crippen LogP) is -1.65. The first-order valence-electron chi connectivity index (χ1n) is 6.67. The Balaban J connectivity index is 2.00. The second-order valence-electron chi connectivity index (χ2n) is 4.95. The van der Waals surface area contributed by atoms with E-state index in [0.717, 1.165) is 4.90 Å². The first-order valence-corrected chi connectivity index (χ1v) is 6.67. The zero-order valence-corrected chi connectivity index (χ0v) is 11.4. The average molecular weight is 297 g/mol. The molecule has 1 aromatic rings. The fourth-order valence-corrected chi connectivity index (χ4v) is 2.32. The van der Waals surface area contributed by atoms with Crippen LogP contribution in [-0.4, -0.2) is 75.3 Å². The van der Waals surface area contributed by atoms with Crippen LogP contribution in [0, 0.1) is 0 Å². The number of likely N-dealkylation sites (tertiary alicyclic amines) is 1. The summed E-state index contributed by atoms with van der Waals surface area (Å²) in [5, 5.41) is 38.3. The standard InChI is InChI=1S/C14H19NO6/c16-7-10-13(19)14(20)11(17)6-15(10)12(18)8-21-9-4-2-1-3-5-9/h1-5,10-11,13-14,16-17,19-20H,6-8H2/t10?,11-,13+,14+/m0/s1. The molecule has 2 rings (SSSR count). The van der Waals surface area contributed by atoms with Crippen LogP contribution < -0.4 is 4.74 Å². The molecule has 1 heterocycles. The summed E-state index contributed by atoms with van der Waals surface area (Å²) < 4.78 is 5.31. The van der Waals surface area contributed by atoms with Gasteiger partial charge in [0.15, 0.2) is 6.61 Å². The molecule has 0 spiro atoms. The van der Waals surface area contributed by atoms with Gasteiger partial charge in [-0.2, -0.15) is 0 Å². The molecule has 116 valence electrons. The van der Waals surface area contributed by atoms with E-state index in [-0.39, 0.29) is 13.2 Å². The van der Waals surface area contributed by atoms with Crippen molar-refractivity contribution in [2.75, 3.05) is 19.8 Å². The van der Waals surface area contributed by atoms with Crippen LogP contribution in [0.4, 0.5) is 0 Å². The summed E-state index contributed by atoms with van der Waals surface area (Å²) in [6.07, 6.45) is -4.05. The summed E-state index contributed by atoms with van der Waals surface area (Å²) in [4.78, 5) is 13.3. The molecule has 1 aliphatic heterocycles. The number of hydrogen-bond donors (Lipinski definition) is 4. The normalized spacial score (nSPS) is 29.2. The Morgan fingerprint density at radius 3 is 2.48 bits per heavy atom. The van der Waals surface area contributed by atoms with E-state index >= 15 is 0 Å². The molecule has 0 aromatic heterocycles. The number of piperidine rings is 1. The lowest BCUT2D eigenvalue weighted by Gasteiger charge is -2.42. The quantitative estimate of drug-likeness (QED) is 0.530. The van der Waals surface area contributed by atoms with E-state index in [1.54, 1.807) is 24.3 Å². The third-order valence-electron chi connectivity index (χ3n) is 3.54. The number of para-hydroxylation sites is 1. The van der Waals surface area contributed by atoms with Gasteiger partial charge in [-0.3, -0.25) is 4.79 Å². The van der Waals surface area contributed by atoms with Gasteiger partial charge in [0.1, 0.15) is 24.1 Å². The number of rotatable bonds is 4. The lowest BCUT2D eigenvalue weighted by atomic mass is 9.94. The summed E-state index contributed by atoms with van der Waals surface area (Å²) in [7, 11) is 0. The van der Waals surface area contributed by atoms with Gasteiger partial charge in [0.2, 0.25) is 0 Å². The maximum absolute atomic E-state index is 12.1. The van der Waals surface area contributed by atoms with E-state index in [4.69, 9.17) is 4.74 Å². The van der Waals surface area contributed by atoms with Crippen molar-refractivity contribution in [3.63, 3.8) is 0 Å². The lowest BCUT2D eigenvalue weighted by Crippen LogP contribution is -2.64. The molecule has 1 amide bonds. The Bertz CT molecular complexity index is 468. The smallest absolute Gasteiger partial charge is 0.261 e. The lowest BCUT2D eigenvalue weighted by molar-refractivity contribution is -0.167.